The van der Waals surface area contributed by atoms with Crippen LogP contribution in [0.25, 0.3) is 16.7 Å². The third-order valence-corrected chi connectivity index (χ3v) is 5.93. The number of benzene rings is 1. The van der Waals surface area contributed by atoms with Crippen molar-refractivity contribution in [1.82, 2.24) is 24.7 Å². The number of anilines is 2. The first-order chi connectivity index (χ1) is 16.0. The zero-order valence-electron chi connectivity index (χ0n) is 18.6. The third-order valence-electron chi connectivity index (χ3n) is 5.93. The van der Waals surface area contributed by atoms with Crippen molar-refractivity contribution in [3.8, 4) is 5.88 Å². The van der Waals surface area contributed by atoms with Crippen molar-refractivity contribution >= 4 is 34.0 Å². The van der Waals surface area contributed by atoms with Crippen LogP contribution in [0.15, 0.2) is 36.8 Å². The normalized spacial score (nSPS) is 16.0. The molecule has 5 rings (SSSR count). The number of carbonyl (C=O) groups is 1. The number of aryl methyl sites for hydroxylation is 1. The van der Waals surface area contributed by atoms with E-state index in [0.29, 0.717) is 39.9 Å². The van der Waals surface area contributed by atoms with E-state index in [0.717, 1.165) is 25.2 Å². The molecule has 4 aromatic rings. The summed E-state index contributed by atoms with van der Waals surface area (Å²) in [7, 11) is 3.46. The summed E-state index contributed by atoms with van der Waals surface area (Å²) in [4.78, 5) is 28.7. The zero-order valence-corrected chi connectivity index (χ0v) is 18.6. The zero-order chi connectivity index (χ0) is 23.1. The molecule has 0 bridgehead atoms. The first-order valence-electron chi connectivity index (χ1n) is 10.7. The second kappa shape index (κ2) is 8.28. The molecule has 1 aliphatic heterocycles. The fraction of sp³-hybridized carbons (Fsp3) is 0.304. The number of pyridine rings is 1. The van der Waals surface area contributed by atoms with Gasteiger partial charge in [-0.25, -0.2) is 19.3 Å². The number of fused-ring (bicyclic) bond motifs is 2. The van der Waals surface area contributed by atoms with Crippen LogP contribution in [0.4, 0.5) is 15.8 Å². The average molecular weight is 449 g/mol. The number of aromatic nitrogens is 4. The molecule has 1 aromatic carbocycles. The summed E-state index contributed by atoms with van der Waals surface area (Å²) in [5, 5.41) is 6.08. The lowest BCUT2D eigenvalue weighted by Crippen LogP contribution is -2.29. The van der Waals surface area contributed by atoms with Crippen LogP contribution in [0, 0.1) is 12.7 Å². The Morgan fingerprint density at radius 3 is 2.85 bits per heavy atom. The van der Waals surface area contributed by atoms with E-state index in [1.807, 2.05) is 13.1 Å². The number of amides is 1. The van der Waals surface area contributed by atoms with Crippen molar-refractivity contribution in [3.63, 3.8) is 0 Å². The molecule has 0 aliphatic carbocycles. The lowest BCUT2D eigenvalue weighted by Gasteiger charge is -2.21. The third kappa shape index (κ3) is 3.82. The Bertz CT molecular complexity index is 1370. The maximum atomic E-state index is 14.5. The Kier molecular flexibility index (Phi) is 5.29. The van der Waals surface area contributed by atoms with Gasteiger partial charge < -0.3 is 24.7 Å². The number of hydrogen-bond acceptors (Lipinski definition) is 7. The molecule has 10 heteroatoms. The molecule has 1 aliphatic rings. The Hall–Kier alpha value is -3.79. The van der Waals surface area contributed by atoms with Gasteiger partial charge in [0.05, 0.1) is 35.9 Å². The highest BCUT2D eigenvalue weighted by Gasteiger charge is 2.25. The van der Waals surface area contributed by atoms with Crippen molar-refractivity contribution in [2.75, 3.05) is 37.5 Å². The molecule has 0 radical (unpaired) electrons. The van der Waals surface area contributed by atoms with E-state index < -0.39 is 11.7 Å². The van der Waals surface area contributed by atoms with Gasteiger partial charge >= 0.3 is 0 Å². The minimum absolute atomic E-state index is 0.210. The van der Waals surface area contributed by atoms with Gasteiger partial charge in [-0.3, -0.25) is 4.79 Å². The summed E-state index contributed by atoms with van der Waals surface area (Å²) in [6.45, 7) is 3.50. The van der Waals surface area contributed by atoms with Crippen LogP contribution >= 0.6 is 0 Å². The lowest BCUT2D eigenvalue weighted by molar-refractivity contribution is 0.102. The molecule has 0 saturated carbocycles. The molecule has 2 N–H and O–H groups in total. The summed E-state index contributed by atoms with van der Waals surface area (Å²) in [5.74, 6) is -0.625. The highest BCUT2D eigenvalue weighted by Crippen LogP contribution is 2.31. The Labute approximate surface area is 189 Å². The SMILES string of the molecule is CNC1CCN(c2ccc(C(=O)Nc3cc(F)c4nc(C)cn4c3)c3nc(OC)cnc23)C1. The average Bonchev–Trinajstić information content (AvgIpc) is 3.44. The van der Waals surface area contributed by atoms with Crippen LogP contribution in [-0.2, 0) is 0 Å². The van der Waals surface area contributed by atoms with Gasteiger partial charge in [0, 0.05) is 37.6 Å². The first-order valence-corrected chi connectivity index (χ1v) is 10.7. The summed E-state index contributed by atoms with van der Waals surface area (Å²) < 4.78 is 21.3. The number of carbonyl (C=O) groups excluding carboxylic acids is 1. The van der Waals surface area contributed by atoms with Crippen LogP contribution in [-0.4, -0.2) is 58.5 Å². The van der Waals surface area contributed by atoms with Gasteiger partial charge in [0.1, 0.15) is 11.0 Å². The van der Waals surface area contributed by atoms with E-state index in [9.17, 15) is 9.18 Å². The molecular weight excluding hydrogens is 425 g/mol. The van der Waals surface area contributed by atoms with Gasteiger partial charge in [-0.2, -0.15) is 0 Å². The van der Waals surface area contributed by atoms with Crippen molar-refractivity contribution in [2.24, 2.45) is 0 Å². The summed E-state index contributed by atoms with van der Waals surface area (Å²) >= 11 is 0. The smallest absolute Gasteiger partial charge is 0.257 e. The van der Waals surface area contributed by atoms with E-state index in [1.54, 1.807) is 36.0 Å². The number of hydrogen-bond donors (Lipinski definition) is 2. The van der Waals surface area contributed by atoms with Gasteiger partial charge in [-0.1, -0.05) is 0 Å². The number of nitrogens with one attached hydrogen (secondary N) is 2. The number of nitrogens with zero attached hydrogens (tertiary/aromatic N) is 5. The number of imidazole rings is 1. The monoisotopic (exact) mass is 449 g/mol. The van der Waals surface area contributed by atoms with Crippen LogP contribution in [0.1, 0.15) is 22.5 Å². The molecule has 3 aromatic heterocycles. The molecule has 1 atom stereocenters. The second-order valence-corrected chi connectivity index (χ2v) is 8.11. The van der Waals surface area contributed by atoms with Crippen LogP contribution in [0.5, 0.6) is 5.88 Å². The van der Waals surface area contributed by atoms with E-state index in [1.165, 1.54) is 13.2 Å². The summed E-state index contributed by atoms with van der Waals surface area (Å²) in [6, 6.07) is 5.26. The molecule has 170 valence electrons. The number of ether oxygens (including phenoxy) is 1. The highest BCUT2D eigenvalue weighted by atomic mass is 19.1. The molecule has 1 unspecified atom stereocenters. The quantitative estimate of drug-likeness (QED) is 0.484. The van der Waals surface area contributed by atoms with E-state index >= 15 is 0 Å². The number of halogens is 1. The summed E-state index contributed by atoms with van der Waals surface area (Å²) in [5.41, 5.74) is 3.49. The van der Waals surface area contributed by atoms with Crippen LogP contribution < -0.4 is 20.3 Å². The van der Waals surface area contributed by atoms with E-state index in [-0.39, 0.29) is 5.65 Å². The Morgan fingerprint density at radius 1 is 1.24 bits per heavy atom. The minimum atomic E-state index is -0.518. The number of likely N-dealkylation sites (N-methyl/N-ethyl adjacent to an activating group) is 1. The van der Waals surface area contributed by atoms with Gasteiger partial charge in [-0.05, 0) is 32.5 Å². The molecule has 33 heavy (non-hydrogen) atoms. The van der Waals surface area contributed by atoms with Crippen LogP contribution in [0.2, 0.25) is 0 Å². The standard InChI is InChI=1S/C23H24FN7O2/c1-13-10-31-12-15(8-17(24)22(31)27-13)28-23(32)16-4-5-18(30-7-6-14(11-30)25-2)21-20(16)29-19(33-3)9-26-21/h4-5,8-10,12,14,25H,6-7,11H2,1-3H3,(H,28,32). The van der Waals surface area contributed by atoms with Crippen molar-refractivity contribution in [2.45, 2.75) is 19.4 Å². The van der Waals surface area contributed by atoms with Gasteiger partial charge in [0.15, 0.2) is 11.5 Å². The maximum absolute atomic E-state index is 14.5. The minimum Gasteiger partial charge on any atom is -0.480 e. The van der Waals surface area contributed by atoms with E-state index in [2.05, 4.69) is 30.5 Å². The second-order valence-electron chi connectivity index (χ2n) is 8.11. The van der Waals surface area contributed by atoms with Gasteiger partial charge in [0.25, 0.3) is 5.91 Å². The van der Waals surface area contributed by atoms with E-state index in [4.69, 9.17) is 4.74 Å². The van der Waals surface area contributed by atoms with Crippen molar-refractivity contribution < 1.29 is 13.9 Å². The first kappa shape index (κ1) is 21.1. The van der Waals surface area contributed by atoms with Crippen molar-refractivity contribution in [1.29, 1.82) is 0 Å². The highest BCUT2D eigenvalue weighted by molar-refractivity contribution is 6.13. The largest absolute Gasteiger partial charge is 0.480 e. The van der Waals surface area contributed by atoms with Gasteiger partial charge in [0.2, 0.25) is 5.88 Å². The molecule has 0 spiro atoms. The molecule has 1 amide bonds. The van der Waals surface area contributed by atoms with Gasteiger partial charge in [-0.15, -0.1) is 0 Å². The Balaban J connectivity index is 1.53. The predicted octanol–water partition coefficient (Wildman–Crippen LogP) is 2.78. The molecule has 4 heterocycles. The predicted molar refractivity (Wildman–Crippen MR) is 124 cm³/mol. The number of methoxy groups -OCH3 is 1. The molecule has 1 fully saturated rings. The summed E-state index contributed by atoms with van der Waals surface area (Å²) in [6.07, 6.45) is 5.89. The fourth-order valence-corrected chi connectivity index (χ4v) is 4.27. The molecular formula is C23H24FN7O2. The lowest BCUT2D eigenvalue weighted by atomic mass is 10.1. The number of rotatable bonds is 5. The fourth-order valence-electron chi connectivity index (χ4n) is 4.27. The van der Waals surface area contributed by atoms with Crippen molar-refractivity contribution in [3.05, 3.63) is 53.9 Å². The topological polar surface area (TPSA) is 96.7 Å². The maximum Gasteiger partial charge on any atom is 0.257 e. The Morgan fingerprint density at radius 2 is 2.09 bits per heavy atom. The molecule has 1 saturated heterocycles. The van der Waals surface area contributed by atoms with Crippen LogP contribution in [0.3, 0.4) is 0 Å². The molecule has 9 nitrogen and oxygen atoms in total.